The van der Waals surface area contributed by atoms with Gasteiger partial charge in [-0.3, -0.25) is 4.79 Å². The van der Waals surface area contributed by atoms with E-state index in [2.05, 4.69) is 27.7 Å². The lowest BCUT2D eigenvalue weighted by Crippen LogP contribution is -2.62. The van der Waals surface area contributed by atoms with Crippen LogP contribution in [-0.4, -0.2) is 33.5 Å². The van der Waals surface area contributed by atoms with Crippen LogP contribution in [0.4, 0.5) is 0 Å². The molecule has 0 amide bonds. The van der Waals surface area contributed by atoms with E-state index in [0.717, 1.165) is 32.1 Å². The van der Waals surface area contributed by atoms with Crippen molar-refractivity contribution in [2.45, 2.75) is 104 Å². The molecule has 0 aliphatic heterocycles. The van der Waals surface area contributed by atoms with Gasteiger partial charge in [0.25, 0.3) is 0 Å². The summed E-state index contributed by atoms with van der Waals surface area (Å²) in [5.74, 6) is 2.58. The Kier molecular flexibility index (Phi) is 6.07. The number of aliphatic hydroxyl groups is 2. The molecule has 0 saturated heterocycles. The summed E-state index contributed by atoms with van der Waals surface area (Å²) in [6, 6.07) is 0. The van der Waals surface area contributed by atoms with E-state index in [1.54, 1.807) is 0 Å². The molecule has 3 N–H and O–H groups in total. The zero-order valence-electron chi connectivity index (χ0n) is 19.5. The molecule has 4 saturated carbocycles. The second-order valence-electron chi connectivity index (χ2n) is 12.0. The van der Waals surface area contributed by atoms with Gasteiger partial charge in [-0.05, 0) is 104 Å². The third kappa shape index (κ3) is 3.36. The second-order valence-corrected chi connectivity index (χ2v) is 12.0. The third-order valence-electron chi connectivity index (χ3n) is 11.0. The van der Waals surface area contributed by atoms with Crippen molar-refractivity contribution in [3.05, 3.63) is 0 Å². The molecule has 0 spiro atoms. The maximum atomic E-state index is 11.7. The minimum Gasteiger partial charge on any atom is -0.481 e. The smallest absolute Gasteiger partial charge is 0.303 e. The SMILES string of the molecule is CC[C@H]1[C@@H](O)[C@@H]2[C@H](CC[C@]3(C)[C@@H]([C@H](C)CCC(=O)O)CC[C@@H]23)[C@@]2(C)CC[C@@H](O)C[C@H]12. The van der Waals surface area contributed by atoms with Gasteiger partial charge in [-0.25, -0.2) is 0 Å². The van der Waals surface area contributed by atoms with Gasteiger partial charge in [0, 0.05) is 6.42 Å². The maximum Gasteiger partial charge on any atom is 0.303 e. The fourth-order valence-corrected chi connectivity index (χ4v) is 9.48. The first-order valence-electron chi connectivity index (χ1n) is 12.7. The van der Waals surface area contributed by atoms with Gasteiger partial charge in [-0.15, -0.1) is 0 Å². The Hall–Kier alpha value is -0.610. The van der Waals surface area contributed by atoms with E-state index in [1.165, 1.54) is 25.7 Å². The fourth-order valence-electron chi connectivity index (χ4n) is 9.48. The topological polar surface area (TPSA) is 77.8 Å². The molecule has 0 aromatic heterocycles. The van der Waals surface area contributed by atoms with E-state index in [9.17, 15) is 15.0 Å². The van der Waals surface area contributed by atoms with E-state index in [4.69, 9.17) is 5.11 Å². The van der Waals surface area contributed by atoms with Crippen molar-refractivity contribution in [2.75, 3.05) is 0 Å². The molecule has 4 fully saturated rings. The van der Waals surface area contributed by atoms with Crippen LogP contribution < -0.4 is 0 Å². The lowest BCUT2D eigenvalue weighted by molar-refractivity contribution is -0.203. The van der Waals surface area contributed by atoms with Gasteiger partial charge in [0.15, 0.2) is 0 Å². The van der Waals surface area contributed by atoms with Crippen LogP contribution in [0.15, 0.2) is 0 Å². The predicted molar refractivity (Wildman–Crippen MR) is 118 cm³/mol. The summed E-state index contributed by atoms with van der Waals surface area (Å²) in [6.07, 6.45) is 9.27. The molecule has 0 aromatic rings. The zero-order valence-corrected chi connectivity index (χ0v) is 19.5. The van der Waals surface area contributed by atoms with E-state index in [0.29, 0.717) is 41.4 Å². The third-order valence-corrected chi connectivity index (χ3v) is 11.0. The molecule has 4 heteroatoms. The largest absolute Gasteiger partial charge is 0.481 e. The summed E-state index contributed by atoms with van der Waals surface area (Å²) in [5, 5.41) is 31.3. The van der Waals surface area contributed by atoms with Gasteiger partial charge < -0.3 is 15.3 Å². The van der Waals surface area contributed by atoms with E-state index in [-0.39, 0.29) is 29.5 Å². The highest BCUT2D eigenvalue weighted by atomic mass is 16.4. The van der Waals surface area contributed by atoms with Crippen molar-refractivity contribution in [1.82, 2.24) is 0 Å². The van der Waals surface area contributed by atoms with Gasteiger partial charge in [-0.1, -0.05) is 34.1 Å². The lowest BCUT2D eigenvalue weighted by atomic mass is 9.41. The standard InChI is InChI=1S/C26H44O4/c1-5-17-21-14-16(27)10-12-26(21,4)20-11-13-25(3)18(15(2)6-9-22(28)29)7-8-19(25)23(20)24(17)30/h15-21,23-24,27,30H,5-14H2,1-4H3,(H,28,29)/t15-,16-,17-,18-,19+,20+,21-,23+,24-,25-,26-/m1/s1. The molecule has 0 heterocycles. The number of carbonyl (C=O) groups is 1. The first-order valence-corrected chi connectivity index (χ1v) is 12.7. The predicted octanol–water partition coefficient (Wildman–Crippen LogP) is 5.11. The van der Waals surface area contributed by atoms with Crippen LogP contribution >= 0.6 is 0 Å². The summed E-state index contributed by atoms with van der Waals surface area (Å²) >= 11 is 0. The van der Waals surface area contributed by atoms with Crippen LogP contribution in [-0.2, 0) is 4.79 Å². The summed E-state index contributed by atoms with van der Waals surface area (Å²) in [7, 11) is 0. The lowest BCUT2D eigenvalue weighted by Gasteiger charge is -2.64. The average Bonchev–Trinajstić information content (AvgIpc) is 3.05. The molecule has 4 aliphatic carbocycles. The molecule has 4 aliphatic rings. The molecule has 0 unspecified atom stereocenters. The highest BCUT2D eigenvalue weighted by Crippen LogP contribution is 2.69. The van der Waals surface area contributed by atoms with Crippen molar-refractivity contribution in [3.63, 3.8) is 0 Å². The average molecular weight is 421 g/mol. The van der Waals surface area contributed by atoms with Gasteiger partial charge in [0.05, 0.1) is 12.2 Å². The number of aliphatic carboxylic acids is 1. The normalized spacial score (nSPS) is 51.5. The monoisotopic (exact) mass is 420 g/mol. The summed E-state index contributed by atoms with van der Waals surface area (Å²) in [6.45, 7) is 9.44. The number of rotatable bonds is 5. The molecular formula is C26H44O4. The van der Waals surface area contributed by atoms with Gasteiger partial charge in [0.1, 0.15) is 0 Å². The van der Waals surface area contributed by atoms with Crippen molar-refractivity contribution >= 4 is 5.97 Å². The Bertz CT molecular complexity index is 649. The second kappa shape index (κ2) is 8.06. The van der Waals surface area contributed by atoms with Crippen LogP contribution in [0, 0.1) is 52.3 Å². The van der Waals surface area contributed by atoms with E-state index >= 15 is 0 Å². The number of carboxylic acids is 1. The summed E-state index contributed by atoms with van der Waals surface area (Å²) in [5.41, 5.74) is 0.480. The first kappa shape index (κ1) is 22.6. The first-order chi connectivity index (χ1) is 14.1. The molecule has 0 aromatic carbocycles. The van der Waals surface area contributed by atoms with Gasteiger partial charge in [-0.2, -0.15) is 0 Å². The molecule has 30 heavy (non-hydrogen) atoms. The Morgan fingerprint density at radius 2 is 1.67 bits per heavy atom. The molecule has 0 radical (unpaired) electrons. The molecular weight excluding hydrogens is 376 g/mol. The molecule has 4 nitrogen and oxygen atoms in total. The van der Waals surface area contributed by atoms with Crippen molar-refractivity contribution < 1.29 is 20.1 Å². The van der Waals surface area contributed by atoms with Gasteiger partial charge >= 0.3 is 5.97 Å². The number of hydrogen-bond donors (Lipinski definition) is 3. The van der Waals surface area contributed by atoms with Crippen molar-refractivity contribution in [1.29, 1.82) is 0 Å². The quantitative estimate of drug-likeness (QED) is 0.577. The number of fused-ring (bicyclic) bond motifs is 5. The Morgan fingerprint density at radius 1 is 1.00 bits per heavy atom. The van der Waals surface area contributed by atoms with Gasteiger partial charge in [0.2, 0.25) is 0 Å². The number of hydrogen-bond acceptors (Lipinski definition) is 3. The minimum atomic E-state index is -0.683. The van der Waals surface area contributed by atoms with E-state index < -0.39 is 5.97 Å². The molecule has 4 rings (SSSR count). The van der Waals surface area contributed by atoms with Crippen LogP contribution in [0.5, 0.6) is 0 Å². The van der Waals surface area contributed by atoms with Crippen LogP contribution in [0.1, 0.15) is 91.9 Å². The Morgan fingerprint density at radius 3 is 2.33 bits per heavy atom. The zero-order chi connectivity index (χ0) is 21.8. The molecule has 0 bridgehead atoms. The summed E-state index contributed by atoms with van der Waals surface area (Å²) < 4.78 is 0. The van der Waals surface area contributed by atoms with Crippen LogP contribution in [0.3, 0.4) is 0 Å². The van der Waals surface area contributed by atoms with E-state index in [1.807, 2.05) is 0 Å². The van der Waals surface area contributed by atoms with Crippen LogP contribution in [0.2, 0.25) is 0 Å². The minimum absolute atomic E-state index is 0.194. The number of carboxylic acid groups (broad SMARTS) is 1. The Labute approximate surface area is 182 Å². The van der Waals surface area contributed by atoms with Crippen molar-refractivity contribution in [3.8, 4) is 0 Å². The summed E-state index contributed by atoms with van der Waals surface area (Å²) in [4.78, 5) is 11.1. The highest BCUT2D eigenvalue weighted by Gasteiger charge is 2.64. The maximum absolute atomic E-state index is 11.7. The van der Waals surface area contributed by atoms with Crippen LogP contribution in [0.25, 0.3) is 0 Å². The van der Waals surface area contributed by atoms with Crippen molar-refractivity contribution in [2.24, 2.45) is 52.3 Å². The number of aliphatic hydroxyl groups excluding tert-OH is 2. The highest BCUT2D eigenvalue weighted by molar-refractivity contribution is 5.66. The molecule has 172 valence electrons. The fraction of sp³-hybridized carbons (Fsp3) is 0.962. The molecule has 11 atom stereocenters. The Balaban J connectivity index is 1.61.